The van der Waals surface area contributed by atoms with Crippen LogP contribution in [0.3, 0.4) is 0 Å². The largest absolute Gasteiger partial charge is 0.340 e. The maximum absolute atomic E-state index is 13.5. The molecule has 3 unspecified atom stereocenters. The van der Waals surface area contributed by atoms with Crippen molar-refractivity contribution in [3.05, 3.63) is 65.5 Å². The molecule has 0 saturated carbocycles. The quantitative estimate of drug-likeness (QED) is 0.591. The normalized spacial score (nSPS) is 20.7. The van der Waals surface area contributed by atoms with Gasteiger partial charge in [0, 0.05) is 24.5 Å². The molecule has 3 heterocycles. The molecule has 2 aliphatic heterocycles. The molecule has 0 radical (unpaired) electrons. The predicted molar refractivity (Wildman–Crippen MR) is 130 cm³/mol. The van der Waals surface area contributed by atoms with E-state index in [-0.39, 0.29) is 18.5 Å². The molecule has 2 aromatic rings. The van der Waals surface area contributed by atoms with Crippen LogP contribution in [0, 0.1) is 6.92 Å². The van der Waals surface area contributed by atoms with Crippen molar-refractivity contribution in [3.63, 3.8) is 0 Å². The van der Waals surface area contributed by atoms with Crippen LogP contribution in [-0.2, 0) is 19.6 Å². The van der Waals surface area contributed by atoms with Gasteiger partial charge >= 0.3 is 0 Å². The van der Waals surface area contributed by atoms with Gasteiger partial charge in [-0.1, -0.05) is 31.0 Å². The van der Waals surface area contributed by atoms with Gasteiger partial charge in [-0.05, 0) is 44.0 Å². The molecular weight excluding hydrogens is 484 g/mol. The fraction of sp³-hybridized carbons (Fsp3) is 0.400. The van der Waals surface area contributed by atoms with Crippen LogP contribution in [0.15, 0.2) is 48.8 Å². The minimum absolute atomic E-state index is 0.0962. The number of nitrogens with one attached hydrogen (secondary N) is 1. The van der Waals surface area contributed by atoms with Gasteiger partial charge in [0.1, 0.15) is 12.1 Å². The van der Waals surface area contributed by atoms with Gasteiger partial charge in [-0.2, -0.15) is 4.31 Å². The van der Waals surface area contributed by atoms with Gasteiger partial charge in [0.25, 0.3) is 21.0 Å². The molecule has 2 amide bonds. The van der Waals surface area contributed by atoms with E-state index in [9.17, 15) is 27.6 Å². The van der Waals surface area contributed by atoms with Gasteiger partial charge in [0.2, 0.25) is 5.91 Å². The lowest BCUT2D eigenvalue weighted by Crippen LogP contribution is -2.52. The average Bonchev–Trinajstić information content (AvgIpc) is 3.45. The van der Waals surface area contributed by atoms with Crippen molar-refractivity contribution in [2.75, 3.05) is 13.1 Å². The summed E-state index contributed by atoms with van der Waals surface area (Å²) < 4.78 is 27.1. The lowest BCUT2D eigenvalue weighted by atomic mass is 10.1. The highest BCUT2D eigenvalue weighted by molar-refractivity contribution is 8.04. The third-order valence-electron chi connectivity index (χ3n) is 6.60. The van der Waals surface area contributed by atoms with Crippen LogP contribution in [0.1, 0.15) is 52.5 Å². The number of benzene rings is 1. The average molecular weight is 513 g/mol. The zero-order chi connectivity index (χ0) is 26.0. The van der Waals surface area contributed by atoms with E-state index < -0.39 is 57.4 Å². The van der Waals surface area contributed by atoms with Crippen LogP contribution in [0.2, 0.25) is 0 Å². The second-order valence-corrected chi connectivity index (χ2v) is 10.8. The standard InChI is InChI=1S/C25H28N4O6S/c1-3-5-19(27-23(31)17-9-7-16(2)8-10-17)24(32)28-13-11-20-22(28)21(30)15-29(20)36(34,35)25(33)18-6-4-12-26-14-18/h4,6-10,12,14,19-20,22H,3,5,11,13,15H2,1-2H3,(H,27,31). The Hall–Kier alpha value is -3.44. The van der Waals surface area contributed by atoms with Crippen molar-refractivity contribution in [3.8, 4) is 0 Å². The number of amides is 2. The first-order valence-electron chi connectivity index (χ1n) is 11.8. The van der Waals surface area contributed by atoms with Crippen LogP contribution in [0.4, 0.5) is 0 Å². The van der Waals surface area contributed by atoms with Crippen LogP contribution < -0.4 is 5.32 Å². The zero-order valence-corrected chi connectivity index (χ0v) is 20.9. The van der Waals surface area contributed by atoms with Crippen LogP contribution >= 0.6 is 0 Å². The highest BCUT2D eigenvalue weighted by atomic mass is 32.2. The summed E-state index contributed by atoms with van der Waals surface area (Å²) in [5, 5.41) is 1.64. The van der Waals surface area contributed by atoms with Crippen molar-refractivity contribution in [2.24, 2.45) is 0 Å². The van der Waals surface area contributed by atoms with Crippen molar-refractivity contribution in [1.82, 2.24) is 19.5 Å². The van der Waals surface area contributed by atoms with Crippen molar-refractivity contribution >= 4 is 32.7 Å². The van der Waals surface area contributed by atoms with Crippen LogP contribution in [0.5, 0.6) is 0 Å². The fourth-order valence-corrected chi connectivity index (χ4v) is 6.28. The van der Waals surface area contributed by atoms with Gasteiger partial charge in [0.15, 0.2) is 5.78 Å². The van der Waals surface area contributed by atoms with E-state index in [0.29, 0.717) is 18.4 Å². The Morgan fingerprint density at radius 2 is 1.86 bits per heavy atom. The molecule has 2 aliphatic rings. The number of likely N-dealkylation sites (tertiary alicyclic amines) is 1. The summed E-state index contributed by atoms with van der Waals surface area (Å²) in [6.07, 6.45) is 3.77. The number of Topliss-reactive ketones (excluding diaryl/α,β-unsaturated/α-hetero) is 1. The lowest BCUT2D eigenvalue weighted by Gasteiger charge is -2.28. The summed E-state index contributed by atoms with van der Waals surface area (Å²) in [6.45, 7) is 3.45. The summed E-state index contributed by atoms with van der Waals surface area (Å²) in [4.78, 5) is 57.0. The number of sulfonamides is 1. The molecule has 2 fully saturated rings. The molecule has 0 aliphatic carbocycles. The molecule has 10 nitrogen and oxygen atoms in total. The number of carbonyl (C=O) groups excluding carboxylic acids is 4. The minimum atomic E-state index is -4.49. The maximum atomic E-state index is 13.5. The number of fused-ring (bicyclic) bond motifs is 1. The highest BCUT2D eigenvalue weighted by Gasteiger charge is 2.55. The number of carbonyl (C=O) groups is 4. The Bertz CT molecular complexity index is 1280. The lowest BCUT2D eigenvalue weighted by molar-refractivity contribution is -0.138. The molecule has 0 spiro atoms. The molecule has 1 aromatic heterocycles. The van der Waals surface area contributed by atoms with Crippen molar-refractivity contribution < 1.29 is 27.6 Å². The molecule has 3 atom stereocenters. The van der Waals surface area contributed by atoms with Gasteiger partial charge in [-0.3, -0.25) is 24.2 Å². The number of aromatic nitrogens is 1. The molecule has 36 heavy (non-hydrogen) atoms. The zero-order valence-electron chi connectivity index (χ0n) is 20.1. The number of ketones is 1. The molecule has 11 heteroatoms. The second-order valence-electron chi connectivity index (χ2n) is 9.06. The second kappa shape index (κ2) is 10.3. The summed E-state index contributed by atoms with van der Waals surface area (Å²) >= 11 is 0. The molecule has 1 aromatic carbocycles. The van der Waals surface area contributed by atoms with Gasteiger partial charge in [0.05, 0.1) is 18.2 Å². The van der Waals surface area contributed by atoms with Crippen molar-refractivity contribution in [1.29, 1.82) is 0 Å². The summed E-state index contributed by atoms with van der Waals surface area (Å²) in [7, 11) is -4.49. The topological polar surface area (TPSA) is 134 Å². The third-order valence-corrected chi connectivity index (χ3v) is 8.32. The summed E-state index contributed by atoms with van der Waals surface area (Å²) in [5.74, 6) is -1.29. The first kappa shape index (κ1) is 25.6. The van der Waals surface area contributed by atoms with E-state index in [0.717, 1.165) is 16.1 Å². The number of hydrogen-bond donors (Lipinski definition) is 1. The smallest absolute Gasteiger partial charge is 0.293 e. The third kappa shape index (κ3) is 4.80. The van der Waals surface area contributed by atoms with Crippen LogP contribution in [-0.4, -0.2) is 76.5 Å². The first-order chi connectivity index (χ1) is 17.1. The summed E-state index contributed by atoms with van der Waals surface area (Å²) in [6, 6.07) is 7.06. The number of hydrogen-bond acceptors (Lipinski definition) is 7. The van der Waals surface area contributed by atoms with E-state index in [4.69, 9.17) is 0 Å². The first-order valence-corrected chi connectivity index (χ1v) is 13.3. The molecular formula is C25H28N4O6S. The summed E-state index contributed by atoms with van der Waals surface area (Å²) in [5.41, 5.74) is 1.31. The predicted octanol–water partition coefficient (Wildman–Crippen LogP) is 1.31. The maximum Gasteiger partial charge on any atom is 0.293 e. The number of pyridine rings is 1. The Labute approximate surface area is 209 Å². The van der Waals surface area contributed by atoms with Gasteiger partial charge < -0.3 is 10.2 Å². The van der Waals surface area contributed by atoms with Gasteiger partial charge in [-0.15, -0.1) is 0 Å². The van der Waals surface area contributed by atoms with E-state index in [2.05, 4.69) is 10.3 Å². The SMILES string of the molecule is CCCC(NC(=O)c1ccc(C)cc1)C(=O)N1CCC2C1C(=O)CN2S(=O)(=O)C(=O)c1cccnc1. The molecule has 2 saturated heterocycles. The fourth-order valence-electron chi connectivity index (χ4n) is 4.77. The Balaban J connectivity index is 1.52. The molecule has 1 N–H and O–H groups in total. The highest BCUT2D eigenvalue weighted by Crippen LogP contribution is 2.33. The Morgan fingerprint density at radius 3 is 2.50 bits per heavy atom. The molecule has 190 valence electrons. The monoisotopic (exact) mass is 512 g/mol. The number of aryl methyl sites for hydroxylation is 1. The van der Waals surface area contributed by atoms with Gasteiger partial charge in [-0.25, -0.2) is 8.42 Å². The molecule has 0 bridgehead atoms. The van der Waals surface area contributed by atoms with Crippen molar-refractivity contribution in [2.45, 2.75) is 51.2 Å². The van der Waals surface area contributed by atoms with Crippen LogP contribution in [0.25, 0.3) is 0 Å². The minimum Gasteiger partial charge on any atom is -0.340 e. The van der Waals surface area contributed by atoms with E-state index in [1.165, 1.54) is 23.2 Å². The number of nitrogens with zero attached hydrogens (tertiary/aromatic N) is 3. The number of rotatable bonds is 7. The van der Waals surface area contributed by atoms with E-state index >= 15 is 0 Å². The molecule has 4 rings (SSSR count). The Morgan fingerprint density at radius 1 is 1.14 bits per heavy atom. The van der Waals surface area contributed by atoms with E-state index in [1.807, 2.05) is 13.8 Å². The Kier molecular flexibility index (Phi) is 7.32. The van der Waals surface area contributed by atoms with E-state index in [1.54, 1.807) is 24.3 Å².